The summed E-state index contributed by atoms with van der Waals surface area (Å²) in [6, 6.07) is 4.97. The van der Waals surface area contributed by atoms with Gasteiger partial charge in [0.05, 0.1) is 26.1 Å². The number of fused-ring (bicyclic) bond motifs is 1. The number of rotatable bonds is 3. The van der Waals surface area contributed by atoms with Crippen LogP contribution in [-0.4, -0.2) is 35.5 Å². The highest BCUT2D eigenvalue weighted by molar-refractivity contribution is 5.86. The summed E-state index contributed by atoms with van der Waals surface area (Å²) in [7, 11) is 6.32. The minimum absolute atomic E-state index is 0.143. The minimum atomic E-state index is -0.350. The number of hydrogen-bond acceptors (Lipinski definition) is 2. The van der Waals surface area contributed by atoms with Crippen LogP contribution in [-0.2, 0) is 6.54 Å². The van der Waals surface area contributed by atoms with Crippen molar-refractivity contribution in [3.8, 4) is 0 Å². The average Bonchev–Trinajstić information content (AvgIpc) is 2.53. The van der Waals surface area contributed by atoms with E-state index < -0.39 is 0 Å². The Morgan fingerprint density at radius 2 is 2.00 bits per heavy atom. The van der Waals surface area contributed by atoms with Crippen LogP contribution >= 0.6 is 0 Å². The maximum absolute atomic E-state index is 10.8. The smallest absolute Gasteiger partial charge is 0.270 e. The highest BCUT2D eigenvalue weighted by Gasteiger charge is 2.18. The van der Waals surface area contributed by atoms with E-state index in [1.165, 1.54) is 6.07 Å². The van der Waals surface area contributed by atoms with Gasteiger partial charge < -0.3 is 9.47 Å². The van der Waals surface area contributed by atoms with Gasteiger partial charge in [0.1, 0.15) is 6.54 Å². The van der Waals surface area contributed by atoms with Crippen molar-refractivity contribution in [1.82, 2.24) is 4.98 Å². The van der Waals surface area contributed by atoms with Crippen molar-refractivity contribution in [1.29, 1.82) is 0 Å². The normalized spacial score (nSPS) is 12.0. The summed E-state index contributed by atoms with van der Waals surface area (Å²) in [5.74, 6) is 0. The molecular formula is C13H18N3O2+. The fraction of sp³-hybridized carbons (Fsp3) is 0.385. The quantitative estimate of drug-likeness (QED) is 0.515. The SMILES string of the molecule is Cc1[nH]c2ccc([N+](=O)[O-])cc2c1C[N+](C)(C)C. The molecule has 96 valence electrons. The summed E-state index contributed by atoms with van der Waals surface area (Å²) in [6.45, 7) is 2.85. The van der Waals surface area contributed by atoms with Crippen LogP contribution in [0.25, 0.3) is 10.9 Å². The first kappa shape index (κ1) is 12.6. The van der Waals surface area contributed by atoms with Gasteiger partial charge in [-0.3, -0.25) is 10.1 Å². The summed E-state index contributed by atoms with van der Waals surface area (Å²) < 4.78 is 0.788. The average molecular weight is 248 g/mol. The zero-order valence-electron chi connectivity index (χ0n) is 11.2. The molecule has 0 fully saturated rings. The lowest BCUT2D eigenvalue weighted by molar-refractivity contribution is -0.883. The van der Waals surface area contributed by atoms with Gasteiger partial charge in [0, 0.05) is 34.3 Å². The Hall–Kier alpha value is -1.88. The molecule has 1 aromatic heterocycles. The first-order valence-corrected chi connectivity index (χ1v) is 5.84. The Kier molecular flexibility index (Phi) is 2.86. The molecule has 0 aliphatic rings. The number of nitro groups is 1. The van der Waals surface area contributed by atoms with Gasteiger partial charge in [0.15, 0.2) is 0 Å². The zero-order chi connectivity index (χ0) is 13.5. The van der Waals surface area contributed by atoms with Gasteiger partial charge in [-0.05, 0) is 13.0 Å². The van der Waals surface area contributed by atoms with Gasteiger partial charge in [-0.25, -0.2) is 0 Å². The molecule has 0 radical (unpaired) electrons. The largest absolute Gasteiger partial charge is 0.358 e. The van der Waals surface area contributed by atoms with E-state index in [1.54, 1.807) is 12.1 Å². The molecule has 2 aromatic rings. The Balaban J connectivity index is 2.60. The summed E-state index contributed by atoms with van der Waals surface area (Å²) in [4.78, 5) is 13.8. The second-order valence-corrected chi connectivity index (χ2v) is 5.66. The van der Waals surface area contributed by atoms with E-state index in [2.05, 4.69) is 26.1 Å². The molecule has 0 aliphatic heterocycles. The monoisotopic (exact) mass is 248 g/mol. The molecule has 1 aromatic carbocycles. The maximum atomic E-state index is 10.8. The van der Waals surface area contributed by atoms with Gasteiger partial charge >= 0.3 is 0 Å². The Morgan fingerprint density at radius 3 is 2.56 bits per heavy atom. The number of nitrogens with one attached hydrogen (secondary N) is 1. The topological polar surface area (TPSA) is 58.9 Å². The molecule has 0 spiro atoms. The third-order valence-corrected chi connectivity index (χ3v) is 2.95. The fourth-order valence-electron chi connectivity index (χ4n) is 2.16. The summed E-state index contributed by atoms with van der Waals surface area (Å²) in [5.41, 5.74) is 3.34. The van der Waals surface area contributed by atoms with E-state index in [1.807, 2.05) is 6.92 Å². The second kappa shape index (κ2) is 4.10. The number of aromatic amines is 1. The molecule has 0 aliphatic carbocycles. The van der Waals surface area contributed by atoms with Crippen LogP contribution in [0, 0.1) is 17.0 Å². The van der Waals surface area contributed by atoms with Crippen molar-refractivity contribution in [3.63, 3.8) is 0 Å². The third-order valence-electron chi connectivity index (χ3n) is 2.95. The number of benzene rings is 1. The lowest BCUT2D eigenvalue weighted by Gasteiger charge is -2.24. The molecule has 0 amide bonds. The lowest BCUT2D eigenvalue weighted by atomic mass is 10.1. The first-order chi connectivity index (χ1) is 8.28. The van der Waals surface area contributed by atoms with E-state index in [0.717, 1.165) is 33.2 Å². The third kappa shape index (κ3) is 2.36. The number of non-ortho nitro benzene ring substituents is 1. The van der Waals surface area contributed by atoms with Crippen molar-refractivity contribution < 1.29 is 9.41 Å². The predicted octanol–water partition coefficient (Wildman–Crippen LogP) is 2.59. The first-order valence-electron chi connectivity index (χ1n) is 5.84. The molecule has 0 saturated heterocycles. The molecule has 0 atom stereocenters. The summed E-state index contributed by atoms with van der Waals surface area (Å²) >= 11 is 0. The van der Waals surface area contributed by atoms with E-state index in [9.17, 15) is 10.1 Å². The molecule has 0 unspecified atom stereocenters. The molecule has 5 heteroatoms. The zero-order valence-corrected chi connectivity index (χ0v) is 11.2. The molecule has 18 heavy (non-hydrogen) atoms. The number of H-pyrrole nitrogens is 1. The van der Waals surface area contributed by atoms with Crippen molar-refractivity contribution in [2.75, 3.05) is 21.1 Å². The molecule has 2 rings (SSSR count). The maximum Gasteiger partial charge on any atom is 0.270 e. The van der Waals surface area contributed by atoms with Gasteiger partial charge in [-0.2, -0.15) is 0 Å². The van der Waals surface area contributed by atoms with E-state index in [-0.39, 0.29) is 10.6 Å². The molecule has 1 heterocycles. The standard InChI is InChI=1S/C13H18N3O2/c1-9-12(8-16(2,3)4)11-7-10(15(17)18)5-6-13(11)14-9/h5-7,14H,8H2,1-4H3/q+1. The number of aryl methyl sites for hydroxylation is 1. The predicted molar refractivity (Wildman–Crippen MR) is 71.4 cm³/mol. The summed E-state index contributed by atoms with van der Waals surface area (Å²) in [6.07, 6.45) is 0. The van der Waals surface area contributed by atoms with Crippen molar-refractivity contribution in [2.24, 2.45) is 0 Å². The molecular weight excluding hydrogens is 230 g/mol. The van der Waals surface area contributed by atoms with Crippen LogP contribution in [0.2, 0.25) is 0 Å². The Bertz CT molecular complexity index is 608. The lowest BCUT2D eigenvalue weighted by Crippen LogP contribution is -2.33. The van der Waals surface area contributed by atoms with Crippen LogP contribution < -0.4 is 0 Å². The van der Waals surface area contributed by atoms with Crippen LogP contribution in [0.4, 0.5) is 5.69 Å². The van der Waals surface area contributed by atoms with E-state index in [4.69, 9.17) is 0 Å². The Labute approximate surface area is 106 Å². The van der Waals surface area contributed by atoms with Gasteiger partial charge in [0.2, 0.25) is 0 Å². The van der Waals surface area contributed by atoms with Crippen LogP contribution in [0.3, 0.4) is 0 Å². The molecule has 5 nitrogen and oxygen atoms in total. The summed E-state index contributed by atoms with van der Waals surface area (Å²) in [5, 5.41) is 11.8. The van der Waals surface area contributed by atoms with E-state index >= 15 is 0 Å². The van der Waals surface area contributed by atoms with Gasteiger partial charge in [0.25, 0.3) is 5.69 Å². The highest BCUT2D eigenvalue weighted by atomic mass is 16.6. The molecule has 0 saturated carbocycles. The highest BCUT2D eigenvalue weighted by Crippen LogP contribution is 2.27. The Morgan fingerprint density at radius 1 is 1.33 bits per heavy atom. The van der Waals surface area contributed by atoms with Crippen LogP contribution in [0.5, 0.6) is 0 Å². The van der Waals surface area contributed by atoms with Crippen molar-refractivity contribution in [3.05, 3.63) is 39.6 Å². The number of nitrogens with zero attached hydrogens (tertiary/aromatic N) is 2. The fourth-order valence-corrected chi connectivity index (χ4v) is 2.16. The number of nitro benzene ring substituents is 1. The number of quaternary nitrogens is 1. The minimum Gasteiger partial charge on any atom is -0.358 e. The van der Waals surface area contributed by atoms with Crippen molar-refractivity contribution >= 4 is 16.6 Å². The van der Waals surface area contributed by atoms with Gasteiger partial charge in [-0.15, -0.1) is 0 Å². The molecule has 0 bridgehead atoms. The number of aromatic nitrogens is 1. The molecule has 1 N–H and O–H groups in total. The van der Waals surface area contributed by atoms with Gasteiger partial charge in [-0.1, -0.05) is 0 Å². The number of hydrogen-bond donors (Lipinski definition) is 1. The van der Waals surface area contributed by atoms with Crippen LogP contribution in [0.1, 0.15) is 11.3 Å². The van der Waals surface area contributed by atoms with Crippen LogP contribution in [0.15, 0.2) is 18.2 Å². The van der Waals surface area contributed by atoms with E-state index in [0.29, 0.717) is 0 Å². The second-order valence-electron chi connectivity index (χ2n) is 5.66. The van der Waals surface area contributed by atoms with Crippen molar-refractivity contribution in [2.45, 2.75) is 13.5 Å².